The second-order valence-corrected chi connectivity index (χ2v) is 4.57. The van der Waals surface area contributed by atoms with E-state index in [9.17, 15) is 4.79 Å². The molecule has 0 radical (unpaired) electrons. The molecule has 100 valence electrons. The number of amidine groups is 1. The molecular formula is C12H11ClN2O4. The van der Waals surface area contributed by atoms with Crippen LogP contribution in [0.1, 0.15) is 18.1 Å². The zero-order valence-corrected chi connectivity index (χ0v) is 10.6. The Labute approximate surface area is 114 Å². The second-order valence-electron chi connectivity index (χ2n) is 4.17. The summed E-state index contributed by atoms with van der Waals surface area (Å²) in [5.41, 5.74) is 5.92. The summed E-state index contributed by atoms with van der Waals surface area (Å²) in [6.45, 7) is 1.08. The van der Waals surface area contributed by atoms with Crippen LogP contribution < -0.4 is 15.2 Å². The third-order valence-corrected chi connectivity index (χ3v) is 3.09. The first-order valence-electron chi connectivity index (χ1n) is 5.79. The van der Waals surface area contributed by atoms with Gasteiger partial charge in [0.05, 0.1) is 18.2 Å². The summed E-state index contributed by atoms with van der Waals surface area (Å²) in [7, 11) is 0. The summed E-state index contributed by atoms with van der Waals surface area (Å²) in [5.74, 6) is 0.534. The van der Waals surface area contributed by atoms with Gasteiger partial charge in [0.2, 0.25) is 6.10 Å². The lowest BCUT2D eigenvalue weighted by Gasteiger charge is -2.14. The average Bonchev–Trinajstić information content (AvgIpc) is 2.59. The number of nitrogens with two attached hydrogens (primary N) is 1. The van der Waals surface area contributed by atoms with E-state index in [1.54, 1.807) is 12.1 Å². The Balaban J connectivity index is 1.98. The van der Waals surface area contributed by atoms with Gasteiger partial charge in [0, 0.05) is 12.0 Å². The highest BCUT2D eigenvalue weighted by atomic mass is 35.5. The van der Waals surface area contributed by atoms with E-state index in [1.165, 1.54) is 0 Å². The number of hydrogen-bond acceptors (Lipinski definition) is 5. The van der Waals surface area contributed by atoms with Gasteiger partial charge in [0.25, 0.3) is 11.9 Å². The highest BCUT2D eigenvalue weighted by Gasteiger charge is 2.31. The van der Waals surface area contributed by atoms with Crippen molar-refractivity contribution in [2.24, 2.45) is 10.7 Å². The largest absolute Gasteiger partial charge is 0.489 e. The van der Waals surface area contributed by atoms with Gasteiger partial charge < -0.3 is 19.9 Å². The van der Waals surface area contributed by atoms with Crippen molar-refractivity contribution in [3.8, 4) is 11.5 Å². The Hall–Kier alpha value is -1.95. The van der Waals surface area contributed by atoms with E-state index >= 15 is 0 Å². The summed E-state index contributed by atoms with van der Waals surface area (Å²) < 4.78 is 16.2. The molecule has 2 N–H and O–H groups in total. The minimum Gasteiger partial charge on any atom is -0.489 e. The predicted octanol–water partition coefficient (Wildman–Crippen LogP) is 1.41. The SMILES string of the molecule is NC1=NC(=O)C(c2cc(Cl)c3c(c2)OCCCO3)O1. The molecule has 1 amide bonds. The summed E-state index contributed by atoms with van der Waals surface area (Å²) in [5, 5.41) is 0.372. The molecule has 1 atom stereocenters. The topological polar surface area (TPSA) is 83.1 Å². The predicted molar refractivity (Wildman–Crippen MR) is 67.5 cm³/mol. The molecule has 3 rings (SSSR count). The van der Waals surface area contributed by atoms with Gasteiger partial charge in [-0.3, -0.25) is 4.79 Å². The third kappa shape index (κ3) is 2.19. The fourth-order valence-corrected chi connectivity index (χ4v) is 2.25. The van der Waals surface area contributed by atoms with Crippen molar-refractivity contribution in [2.45, 2.75) is 12.5 Å². The van der Waals surface area contributed by atoms with Gasteiger partial charge in [0.1, 0.15) is 0 Å². The molecule has 0 aliphatic carbocycles. The highest BCUT2D eigenvalue weighted by Crippen LogP contribution is 2.40. The summed E-state index contributed by atoms with van der Waals surface area (Å²) in [6, 6.07) is 3.13. The molecule has 1 aromatic rings. The van der Waals surface area contributed by atoms with E-state index in [2.05, 4.69) is 4.99 Å². The van der Waals surface area contributed by atoms with Gasteiger partial charge in [-0.15, -0.1) is 0 Å². The first kappa shape index (κ1) is 12.1. The highest BCUT2D eigenvalue weighted by molar-refractivity contribution is 6.32. The molecule has 0 spiro atoms. The van der Waals surface area contributed by atoms with Gasteiger partial charge in [0.15, 0.2) is 11.5 Å². The van der Waals surface area contributed by atoms with E-state index < -0.39 is 12.0 Å². The number of aliphatic imine (C=N–C) groups is 1. The Morgan fingerprint density at radius 1 is 1.32 bits per heavy atom. The maximum atomic E-state index is 11.6. The van der Waals surface area contributed by atoms with E-state index in [1.807, 2.05) is 0 Å². The van der Waals surface area contributed by atoms with Crippen LogP contribution in [0.3, 0.4) is 0 Å². The van der Waals surface area contributed by atoms with E-state index in [-0.39, 0.29) is 6.02 Å². The zero-order valence-electron chi connectivity index (χ0n) is 9.89. The second kappa shape index (κ2) is 4.62. The molecule has 0 bridgehead atoms. The molecule has 7 heteroatoms. The lowest BCUT2D eigenvalue weighted by Crippen LogP contribution is -2.14. The number of ether oxygens (including phenoxy) is 3. The van der Waals surface area contributed by atoms with Gasteiger partial charge in [-0.1, -0.05) is 11.6 Å². The molecule has 0 saturated carbocycles. The van der Waals surface area contributed by atoms with Crippen LogP contribution in [0.4, 0.5) is 0 Å². The molecule has 2 heterocycles. The number of halogens is 1. The quantitative estimate of drug-likeness (QED) is 0.842. The molecule has 2 aliphatic rings. The number of nitrogens with zero attached hydrogens (tertiary/aromatic N) is 1. The fourth-order valence-electron chi connectivity index (χ4n) is 1.98. The van der Waals surface area contributed by atoms with Crippen molar-refractivity contribution >= 4 is 23.5 Å². The van der Waals surface area contributed by atoms with Crippen LogP contribution in [-0.2, 0) is 9.53 Å². The van der Waals surface area contributed by atoms with Crippen molar-refractivity contribution in [3.63, 3.8) is 0 Å². The lowest BCUT2D eigenvalue weighted by atomic mass is 10.1. The van der Waals surface area contributed by atoms with Crippen molar-refractivity contribution < 1.29 is 19.0 Å². The molecule has 0 fully saturated rings. The van der Waals surface area contributed by atoms with Gasteiger partial charge in [-0.05, 0) is 12.1 Å². The maximum Gasteiger partial charge on any atom is 0.296 e. The summed E-state index contributed by atoms with van der Waals surface area (Å²) in [6.07, 6.45) is -0.0930. The van der Waals surface area contributed by atoms with Crippen LogP contribution in [0.2, 0.25) is 5.02 Å². The third-order valence-electron chi connectivity index (χ3n) is 2.81. The first-order valence-corrected chi connectivity index (χ1v) is 6.16. The van der Waals surface area contributed by atoms with Gasteiger partial charge in [-0.25, -0.2) is 0 Å². The molecule has 2 aliphatic heterocycles. The molecule has 6 nitrogen and oxygen atoms in total. The van der Waals surface area contributed by atoms with Crippen molar-refractivity contribution in [1.82, 2.24) is 0 Å². The summed E-state index contributed by atoms with van der Waals surface area (Å²) in [4.78, 5) is 15.1. The van der Waals surface area contributed by atoms with Crippen molar-refractivity contribution in [1.29, 1.82) is 0 Å². The van der Waals surface area contributed by atoms with Crippen molar-refractivity contribution in [2.75, 3.05) is 13.2 Å². The maximum absolute atomic E-state index is 11.6. The van der Waals surface area contributed by atoms with Gasteiger partial charge >= 0.3 is 0 Å². The van der Waals surface area contributed by atoms with Crippen LogP contribution in [-0.4, -0.2) is 25.1 Å². The molecule has 0 saturated heterocycles. The smallest absolute Gasteiger partial charge is 0.296 e. The number of carbonyl (C=O) groups excluding carboxylic acids is 1. The number of hydrogen-bond donors (Lipinski definition) is 1. The number of fused-ring (bicyclic) bond motifs is 1. The minimum atomic E-state index is -0.866. The number of amides is 1. The Bertz CT molecular complexity index is 573. The average molecular weight is 283 g/mol. The van der Waals surface area contributed by atoms with Crippen LogP contribution in [0.5, 0.6) is 11.5 Å². The molecular weight excluding hydrogens is 272 g/mol. The Kier molecular flexibility index (Phi) is 2.94. The van der Waals surface area contributed by atoms with Crippen LogP contribution >= 0.6 is 11.6 Å². The fraction of sp³-hybridized carbons (Fsp3) is 0.333. The standard InChI is InChI=1S/C12H11ClN2O4/c13-7-4-6(9-11(16)15-12(14)19-9)5-8-10(7)18-3-1-2-17-8/h4-5,9H,1-3H2,(H2,14,15,16). The van der Waals surface area contributed by atoms with E-state index in [4.69, 9.17) is 31.5 Å². The first-order chi connectivity index (χ1) is 9.15. The van der Waals surface area contributed by atoms with E-state index in [0.29, 0.717) is 35.3 Å². The Morgan fingerprint density at radius 3 is 2.84 bits per heavy atom. The zero-order chi connectivity index (χ0) is 13.4. The molecule has 1 aromatic carbocycles. The number of benzene rings is 1. The summed E-state index contributed by atoms with van der Waals surface area (Å²) >= 11 is 6.14. The van der Waals surface area contributed by atoms with Gasteiger partial charge in [-0.2, -0.15) is 4.99 Å². The van der Waals surface area contributed by atoms with Crippen LogP contribution in [0.15, 0.2) is 17.1 Å². The van der Waals surface area contributed by atoms with Crippen LogP contribution in [0.25, 0.3) is 0 Å². The molecule has 0 aromatic heterocycles. The molecule has 19 heavy (non-hydrogen) atoms. The lowest BCUT2D eigenvalue weighted by molar-refractivity contribution is -0.122. The van der Waals surface area contributed by atoms with E-state index in [0.717, 1.165) is 6.42 Å². The molecule has 1 unspecified atom stereocenters. The number of rotatable bonds is 1. The van der Waals surface area contributed by atoms with Crippen molar-refractivity contribution in [3.05, 3.63) is 22.7 Å². The minimum absolute atomic E-state index is 0.141. The normalized spacial score (nSPS) is 21.6. The number of carbonyl (C=O) groups is 1. The monoisotopic (exact) mass is 282 g/mol. The Morgan fingerprint density at radius 2 is 2.11 bits per heavy atom. The van der Waals surface area contributed by atoms with Crippen LogP contribution in [0, 0.1) is 0 Å².